The van der Waals surface area contributed by atoms with Gasteiger partial charge in [-0.15, -0.1) is 11.8 Å². The number of amidine groups is 1. The molecule has 1 saturated heterocycles. The van der Waals surface area contributed by atoms with Crippen LogP contribution >= 0.6 is 11.8 Å². The number of sulfone groups is 1. The predicted molar refractivity (Wildman–Crippen MR) is 97.9 cm³/mol. The summed E-state index contributed by atoms with van der Waals surface area (Å²) in [5, 5.41) is 3.12. The second-order valence-corrected chi connectivity index (χ2v) is 10.2. The molecule has 0 radical (unpaired) electrons. The van der Waals surface area contributed by atoms with Crippen LogP contribution in [0.25, 0.3) is 0 Å². The maximum atomic E-state index is 14.3. The zero-order valence-electron chi connectivity index (χ0n) is 14.6. The number of hydrogen-bond donors (Lipinski definition) is 1. The summed E-state index contributed by atoms with van der Waals surface area (Å²) in [6.45, 7) is 1.55. The Bertz CT molecular complexity index is 849. The molecule has 1 aliphatic heterocycles. The van der Waals surface area contributed by atoms with E-state index in [1.807, 2.05) is 0 Å². The van der Waals surface area contributed by atoms with Gasteiger partial charge in [-0.3, -0.25) is 0 Å². The number of thioether (sulfide) groups is 1. The molecule has 0 amide bonds. The number of benzene rings is 1. The molecule has 1 unspecified atom stereocenters. The van der Waals surface area contributed by atoms with E-state index in [-0.39, 0.29) is 29.2 Å². The van der Waals surface area contributed by atoms with Gasteiger partial charge in [-0.2, -0.15) is 13.2 Å². The van der Waals surface area contributed by atoms with Crippen LogP contribution in [0, 0.1) is 18.7 Å². The van der Waals surface area contributed by atoms with Crippen molar-refractivity contribution in [1.82, 2.24) is 5.32 Å². The van der Waals surface area contributed by atoms with Crippen molar-refractivity contribution in [3.8, 4) is 0 Å². The molecular formula is C17H20F4N2O2S2. The van der Waals surface area contributed by atoms with Crippen LogP contribution in [0.1, 0.15) is 24.8 Å². The van der Waals surface area contributed by atoms with Gasteiger partial charge in [0.15, 0.2) is 9.84 Å². The summed E-state index contributed by atoms with van der Waals surface area (Å²) in [6.07, 6.45) is -2.11. The number of aliphatic imine (C=N–C) groups is 1. The predicted octanol–water partition coefficient (Wildman–Crippen LogP) is 4.01. The second-order valence-electron chi connectivity index (χ2n) is 6.99. The van der Waals surface area contributed by atoms with E-state index < -0.39 is 27.6 Å². The first-order valence-corrected chi connectivity index (χ1v) is 11.4. The van der Waals surface area contributed by atoms with Gasteiger partial charge in [-0.1, -0.05) is 0 Å². The molecule has 1 atom stereocenters. The highest BCUT2D eigenvalue weighted by Gasteiger charge is 2.34. The third-order valence-electron chi connectivity index (χ3n) is 4.43. The SMILES string of the molecule is Cc1cc(F)c(/N=C(\NC2CCS(=O)(=O)C2)C2CC2)cc1SCC(F)(F)F. The minimum Gasteiger partial charge on any atom is -0.369 e. The molecule has 4 nitrogen and oxygen atoms in total. The molecule has 1 saturated carbocycles. The van der Waals surface area contributed by atoms with Crippen molar-refractivity contribution in [2.75, 3.05) is 17.3 Å². The van der Waals surface area contributed by atoms with Crippen LogP contribution in [0.3, 0.4) is 0 Å². The molecule has 2 aliphatic rings. The lowest BCUT2D eigenvalue weighted by molar-refractivity contribution is -0.105. The third kappa shape index (κ3) is 5.84. The highest BCUT2D eigenvalue weighted by molar-refractivity contribution is 7.99. The fourth-order valence-corrected chi connectivity index (χ4v) is 5.36. The Hall–Kier alpha value is -1.29. The molecule has 1 N–H and O–H groups in total. The summed E-state index contributed by atoms with van der Waals surface area (Å²) in [4.78, 5) is 4.64. The van der Waals surface area contributed by atoms with Crippen LogP contribution < -0.4 is 5.32 Å². The first kappa shape index (κ1) is 20.4. The zero-order valence-corrected chi connectivity index (χ0v) is 16.3. The Kier molecular flexibility index (Phi) is 5.77. The molecule has 10 heteroatoms. The van der Waals surface area contributed by atoms with Gasteiger partial charge in [0.2, 0.25) is 0 Å². The van der Waals surface area contributed by atoms with Crippen LogP contribution in [0.2, 0.25) is 0 Å². The Morgan fingerprint density at radius 2 is 2.00 bits per heavy atom. The van der Waals surface area contributed by atoms with E-state index in [4.69, 9.17) is 0 Å². The topological polar surface area (TPSA) is 58.5 Å². The summed E-state index contributed by atoms with van der Waals surface area (Å²) in [5.74, 6) is -0.910. The average Bonchev–Trinajstić information content (AvgIpc) is 3.32. The maximum Gasteiger partial charge on any atom is 0.398 e. The fourth-order valence-electron chi connectivity index (χ4n) is 2.89. The van der Waals surface area contributed by atoms with Gasteiger partial charge < -0.3 is 5.32 Å². The van der Waals surface area contributed by atoms with Gasteiger partial charge in [0.1, 0.15) is 17.3 Å². The van der Waals surface area contributed by atoms with E-state index in [1.54, 1.807) is 6.92 Å². The number of aryl methyl sites for hydroxylation is 1. The Balaban J connectivity index is 1.82. The maximum absolute atomic E-state index is 14.3. The number of rotatable bonds is 5. The van der Waals surface area contributed by atoms with Crippen LogP contribution in [-0.2, 0) is 9.84 Å². The normalized spacial score (nSPS) is 22.9. The van der Waals surface area contributed by atoms with Gasteiger partial charge in [0.25, 0.3) is 0 Å². The largest absolute Gasteiger partial charge is 0.398 e. The van der Waals surface area contributed by atoms with E-state index in [9.17, 15) is 26.0 Å². The Morgan fingerprint density at radius 1 is 1.30 bits per heavy atom. The van der Waals surface area contributed by atoms with Crippen molar-refractivity contribution < 1.29 is 26.0 Å². The molecule has 27 heavy (non-hydrogen) atoms. The van der Waals surface area contributed by atoms with Crippen LogP contribution in [0.5, 0.6) is 0 Å². The molecule has 2 fully saturated rings. The average molecular weight is 424 g/mol. The lowest BCUT2D eigenvalue weighted by Crippen LogP contribution is -2.36. The van der Waals surface area contributed by atoms with Crippen LogP contribution in [0.15, 0.2) is 22.0 Å². The fraction of sp³-hybridized carbons (Fsp3) is 0.588. The van der Waals surface area contributed by atoms with Crippen molar-refractivity contribution in [3.05, 3.63) is 23.5 Å². The van der Waals surface area contributed by atoms with E-state index in [1.165, 1.54) is 12.1 Å². The highest BCUT2D eigenvalue weighted by atomic mass is 32.2. The number of nitrogens with one attached hydrogen (secondary N) is 1. The van der Waals surface area contributed by atoms with Gasteiger partial charge in [-0.05, 0) is 43.9 Å². The van der Waals surface area contributed by atoms with E-state index in [0.717, 1.165) is 12.8 Å². The molecule has 0 spiro atoms. The first-order valence-electron chi connectivity index (χ1n) is 8.58. The van der Waals surface area contributed by atoms with E-state index in [2.05, 4.69) is 10.3 Å². The molecule has 150 valence electrons. The van der Waals surface area contributed by atoms with E-state index in [0.29, 0.717) is 34.5 Å². The third-order valence-corrected chi connectivity index (χ3v) is 7.42. The standard InChI is InChI=1S/C17H20F4N2O2S2/c1-10-6-13(18)14(7-15(10)26-9-17(19,20)21)23-16(11-2-3-11)22-12-4-5-27(24,25)8-12/h6-7,11-12H,2-5,8-9H2,1H3,(H,22,23). The summed E-state index contributed by atoms with van der Waals surface area (Å²) in [6, 6.07) is 2.25. The summed E-state index contributed by atoms with van der Waals surface area (Å²) in [7, 11) is -3.06. The Labute approximate surface area is 159 Å². The first-order chi connectivity index (χ1) is 12.5. The monoisotopic (exact) mass is 424 g/mol. The summed E-state index contributed by atoms with van der Waals surface area (Å²) < 4.78 is 75.0. The molecule has 1 aromatic carbocycles. The van der Waals surface area contributed by atoms with Gasteiger partial charge in [0.05, 0.1) is 17.3 Å². The molecule has 1 aliphatic carbocycles. The summed E-state index contributed by atoms with van der Waals surface area (Å²) in [5.41, 5.74) is 0.393. The van der Waals surface area contributed by atoms with E-state index >= 15 is 0 Å². The minimum atomic E-state index is -4.32. The molecule has 1 aromatic rings. The number of hydrogen-bond acceptors (Lipinski definition) is 4. The zero-order chi connectivity index (χ0) is 19.8. The number of nitrogens with zero attached hydrogens (tertiary/aromatic N) is 1. The molecular weight excluding hydrogens is 404 g/mol. The van der Waals surface area contributed by atoms with Gasteiger partial charge in [-0.25, -0.2) is 17.8 Å². The Morgan fingerprint density at radius 3 is 2.56 bits per heavy atom. The molecule has 3 rings (SSSR count). The number of halogens is 4. The molecule has 0 aromatic heterocycles. The second kappa shape index (κ2) is 7.62. The minimum absolute atomic E-state index is 0.0157. The van der Waals surface area contributed by atoms with Crippen LogP contribution in [-0.4, -0.2) is 43.7 Å². The molecule has 0 bridgehead atoms. The number of alkyl halides is 3. The van der Waals surface area contributed by atoms with Crippen molar-refractivity contribution in [3.63, 3.8) is 0 Å². The lowest BCUT2D eigenvalue weighted by atomic mass is 10.2. The molecule has 1 heterocycles. The van der Waals surface area contributed by atoms with Gasteiger partial charge >= 0.3 is 6.18 Å². The quantitative estimate of drug-likeness (QED) is 0.336. The van der Waals surface area contributed by atoms with Gasteiger partial charge in [0, 0.05) is 16.9 Å². The highest BCUT2D eigenvalue weighted by Crippen LogP contribution is 2.36. The smallest absolute Gasteiger partial charge is 0.369 e. The van der Waals surface area contributed by atoms with Crippen molar-refractivity contribution >= 4 is 33.1 Å². The van der Waals surface area contributed by atoms with Crippen molar-refractivity contribution in [1.29, 1.82) is 0 Å². The summed E-state index contributed by atoms with van der Waals surface area (Å²) >= 11 is 0.600. The van der Waals surface area contributed by atoms with Crippen molar-refractivity contribution in [2.45, 2.75) is 43.3 Å². The van der Waals surface area contributed by atoms with Crippen molar-refractivity contribution in [2.24, 2.45) is 10.9 Å². The van der Waals surface area contributed by atoms with Crippen LogP contribution in [0.4, 0.5) is 23.2 Å². The lowest BCUT2D eigenvalue weighted by Gasteiger charge is -2.15.